The van der Waals surface area contributed by atoms with Gasteiger partial charge in [-0.05, 0) is 24.3 Å². The molecule has 0 heterocycles. The van der Waals surface area contributed by atoms with Crippen LogP contribution in [0, 0.1) is 5.82 Å². The van der Waals surface area contributed by atoms with E-state index in [1.165, 1.54) is 12.1 Å². The van der Waals surface area contributed by atoms with Gasteiger partial charge in [0.05, 0.1) is 5.69 Å². The number of halogens is 1. The van der Waals surface area contributed by atoms with Crippen molar-refractivity contribution in [1.29, 1.82) is 0 Å². The minimum Gasteiger partial charge on any atom is -0.422 e. The van der Waals surface area contributed by atoms with Gasteiger partial charge in [0, 0.05) is 5.56 Å². The number of hydrogen-bond acceptors (Lipinski definition) is 3. The van der Waals surface area contributed by atoms with Gasteiger partial charge < -0.3 is 4.74 Å². The molecule has 3 aromatic carbocycles. The molecule has 0 aliphatic carbocycles. The summed E-state index contributed by atoms with van der Waals surface area (Å²) in [6, 6.07) is 23.6. The molecule has 0 atom stereocenters. The highest BCUT2D eigenvalue weighted by Gasteiger charge is 2.17. The Kier molecular flexibility index (Phi) is 4.77. The summed E-state index contributed by atoms with van der Waals surface area (Å²) in [5, 5.41) is 0. The predicted octanol–water partition coefficient (Wildman–Crippen LogP) is 4.55. The number of esters is 1. The Morgan fingerprint density at radius 3 is 2.04 bits per heavy atom. The van der Waals surface area contributed by atoms with Gasteiger partial charge in [-0.2, -0.15) is 0 Å². The lowest BCUT2D eigenvalue weighted by Crippen LogP contribution is -2.21. The summed E-state index contributed by atoms with van der Waals surface area (Å²) < 4.78 is 19.2. The van der Waals surface area contributed by atoms with E-state index in [0.29, 0.717) is 11.3 Å². The van der Waals surface area contributed by atoms with Gasteiger partial charge in [-0.15, -0.1) is 0 Å². The molecule has 0 spiro atoms. The summed E-state index contributed by atoms with van der Waals surface area (Å²) >= 11 is 0. The van der Waals surface area contributed by atoms with Gasteiger partial charge in [-0.1, -0.05) is 60.7 Å². The van der Waals surface area contributed by atoms with Crippen LogP contribution in [0.2, 0.25) is 0 Å². The van der Waals surface area contributed by atoms with Crippen molar-refractivity contribution in [2.45, 2.75) is 0 Å². The van der Waals surface area contributed by atoms with E-state index in [1.54, 1.807) is 60.7 Å². The van der Waals surface area contributed by atoms with Gasteiger partial charge in [-0.25, -0.2) is 14.2 Å². The second kappa shape index (κ2) is 7.33. The summed E-state index contributed by atoms with van der Waals surface area (Å²) in [4.78, 5) is 16.7. The Bertz CT molecular complexity index is 861. The van der Waals surface area contributed by atoms with Gasteiger partial charge in [0.2, 0.25) is 0 Å². The molecule has 0 bridgehead atoms. The Morgan fingerprint density at radius 2 is 1.38 bits per heavy atom. The molecular weight excluding hydrogens is 305 g/mol. The third-order valence-electron chi connectivity index (χ3n) is 3.28. The second-order valence-electron chi connectivity index (χ2n) is 4.98. The van der Waals surface area contributed by atoms with Crippen LogP contribution >= 0.6 is 0 Å². The zero-order chi connectivity index (χ0) is 16.8. The van der Waals surface area contributed by atoms with Crippen molar-refractivity contribution < 1.29 is 13.9 Å². The van der Waals surface area contributed by atoms with E-state index >= 15 is 0 Å². The van der Waals surface area contributed by atoms with Gasteiger partial charge in [-0.3, -0.25) is 0 Å². The number of aliphatic imine (C=N–C) groups is 1. The molecule has 0 saturated carbocycles. The van der Waals surface area contributed by atoms with Gasteiger partial charge in [0.15, 0.2) is 5.71 Å². The molecule has 0 saturated heterocycles. The van der Waals surface area contributed by atoms with Crippen molar-refractivity contribution in [2.75, 3.05) is 0 Å². The first-order valence-corrected chi connectivity index (χ1v) is 7.40. The number of para-hydroxylation sites is 2. The number of carbonyl (C=O) groups is 1. The molecule has 0 radical (unpaired) electrons. The topological polar surface area (TPSA) is 38.7 Å². The summed E-state index contributed by atoms with van der Waals surface area (Å²) in [6.45, 7) is 0. The van der Waals surface area contributed by atoms with E-state index in [1.807, 2.05) is 12.1 Å². The highest BCUT2D eigenvalue weighted by molar-refractivity contribution is 6.44. The number of carbonyl (C=O) groups excluding carboxylic acids is 1. The van der Waals surface area contributed by atoms with Crippen LogP contribution in [0.5, 0.6) is 5.75 Å². The maximum Gasteiger partial charge on any atom is 0.362 e. The lowest BCUT2D eigenvalue weighted by molar-refractivity contribution is -0.126. The molecule has 118 valence electrons. The van der Waals surface area contributed by atoms with E-state index in [4.69, 9.17) is 4.74 Å². The third-order valence-corrected chi connectivity index (χ3v) is 3.28. The number of nitrogens with zero attached hydrogens (tertiary/aromatic N) is 1. The van der Waals surface area contributed by atoms with Crippen molar-refractivity contribution >= 4 is 17.4 Å². The smallest absolute Gasteiger partial charge is 0.362 e. The average Bonchev–Trinajstić information content (AvgIpc) is 2.62. The fourth-order valence-corrected chi connectivity index (χ4v) is 2.13. The van der Waals surface area contributed by atoms with E-state index in [9.17, 15) is 9.18 Å². The molecule has 0 fully saturated rings. The fraction of sp³-hybridized carbons (Fsp3) is 0. The zero-order valence-electron chi connectivity index (χ0n) is 12.7. The van der Waals surface area contributed by atoms with Crippen LogP contribution in [0.3, 0.4) is 0 Å². The van der Waals surface area contributed by atoms with Crippen molar-refractivity contribution in [1.82, 2.24) is 0 Å². The number of ether oxygens (including phenoxy) is 1. The van der Waals surface area contributed by atoms with Crippen LogP contribution in [-0.2, 0) is 4.79 Å². The molecule has 3 nitrogen and oxygen atoms in total. The Labute approximate surface area is 139 Å². The van der Waals surface area contributed by atoms with Crippen LogP contribution in [0.4, 0.5) is 10.1 Å². The molecule has 0 aliphatic heterocycles. The number of benzene rings is 3. The molecule has 4 heteroatoms. The molecule has 3 rings (SSSR count). The first kappa shape index (κ1) is 15.6. The maximum atomic E-state index is 13.9. The minimum atomic E-state index is -0.643. The highest BCUT2D eigenvalue weighted by atomic mass is 19.1. The standard InChI is InChI=1S/C20H14FNO2/c21-17-13-7-8-14-18(17)22-19(15-9-3-1-4-10-15)20(23)24-16-11-5-2-6-12-16/h1-14H. The Balaban J connectivity index is 2.00. The summed E-state index contributed by atoms with van der Waals surface area (Å²) in [5.41, 5.74) is 0.688. The fourth-order valence-electron chi connectivity index (χ4n) is 2.13. The SMILES string of the molecule is O=C(Oc1ccccc1)C(=Nc1ccccc1F)c1ccccc1. The van der Waals surface area contributed by atoms with E-state index < -0.39 is 11.8 Å². The van der Waals surface area contributed by atoms with E-state index in [2.05, 4.69) is 4.99 Å². The van der Waals surface area contributed by atoms with Crippen LogP contribution < -0.4 is 4.74 Å². The summed E-state index contributed by atoms with van der Waals surface area (Å²) in [6.07, 6.45) is 0. The summed E-state index contributed by atoms with van der Waals surface area (Å²) in [7, 11) is 0. The molecule has 3 aromatic rings. The van der Waals surface area contributed by atoms with Gasteiger partial charge in [0.1, 0.15) is 11.6 Å². The van der Waals surface area contributed by atoms with Crippen molar-refractivity contribution in [3.05, 3.63) is 96.3 Å². The molecule has 24 heavy (non-hydrogen) atoms. The van der Waals surface area contributed by atoms with Crippen molar-refractivity contribution in [2.24, 2.45) is 4.99 Å². The maximum absolute atomic E-state index is 13.9. The van der Waals surface area contributed by atoms with Gasteiger partial charge in [0.25, 0.3) is 0 Å². The lowest BCUT2D eigenvalue weighted by atomic mass is 10.1. The van der Waals surface area contributed by atoms with Crippen LogP contribution in [0.15, 0.2) is 89.9 Å². The molecular formula is C20H14FNO2. The molecule has 0 aliphatic rings. The first-order chi connectivity index (χ1) is 11.7. The quantitative estimate of drug-likeness (QED) is 0.402. The monoisotopic (exact) mass is 319 g/mol. The zero-order valence-corrected chi connectivity index (χ0v) is 12.7. The third kappa shape index (κ3) is 3.73. The molecule has 0 aromatic heterocycles. The molecule has 0 amide bonds. The first-order valence-electron chi connectivity index (χ1n) is 7.40. The molecule has 0 N–H and O–H groups in total. The Morgan fingerprint density at radius 1 is 0.792 bits per heavy atom. The van der Waals surface area contributed by atoms with Crippen LogP contribution in [0.25, 0.3) is 0 Å². The Hall–Kier alpha value is -3.27. The van der Waals surface area contributed by atoms with Crippen LogP contribution in [-0.4, -0.2) is 11.7 Å². The normalized spacial score (nSPS) is 11.1. The van der Waals surface area contributed by atoms with Crippen LogP contribution in [0.1, 0.15) is 5.56 Å². The summed E-state index contributed by atoms with van der Waals surface area (Å²) in [5.74, 6) is -0.742. The average molecular weight is 319 g/mol. The predicted molar refractivity (Wildman–Crippen MR) is 91.1 cm³/mol. The van der Waals surface area contributed by atoms with Crippen molar-refractivity contribution in [3.8, 4) is 5.75 Å². The van der Waals surface area contributed by atoms with E-state index in [0.717, 1.165) is 0 Å². The number of rotatable bonds is 4. The second-order valence-corrected chi connectivity index (χ2v) is 4.98. The van der Waals surface area contributed by atoms with Gasteiger partial charge >= 0.3 is 5.97 Å². The number of hydrogen-bond donors (Lipinski definition) is 0. The molecule has 0 unspecified atom stereocenters. The van der Waals surface area contributed by atoms with E-state index in [-0.39, 0.29) is 11.4 Å². The largest absolute Gasteiger partial charge is 0.422 e. The minimum absolute atomic E-state index is 0.0459. The van der Waals surface area contributed by atoms with Crippen molar-refractivity contribution in [3.63, 3.8) is 0 Å². The lowest BCUT2D eigenvalue weighted by Gasteiger charge is -2.08. The highest BCUT2D eigenvalue weighted by Crippen LogP contribution is 2.19.